The smallest absolute Gasteiger partial charge is 0.400 e. The molecule has 5 rings (SSSR count). The summed E-state index contributed by atoms with van der Waals surface area (Å²) in [6.45, 7) is 3.38. The number of ether oxygens (including phenoxy) is 1. The van der Waals surface area contributed by atoms with E-state index in [2.05, 4.69) is 15.3 Å². The minimum atomic E-state index is -4.57. The van der Waals surface area contributed by atoms with Gasteiger partial charge < -0.3 is 25.4 Å². The number of pyridine rings is 1. The molecule has 0 aromatic carbocycles. The Balaban J connectivity index is 0.00000111. The molecule has 2 amide bonds. The van der Waals surface area contributed by atoms with E-state index in [4.69, 9.17) is 9.84 Å². The van der Waals surface area contributed by atoms with Crippen molar-refractivity contribution in [1.82, 2.24) is 20.2 Å². The summed E-state index contributed by atoms with van der Waals surface area (Å²) in [6.07, 6.45) is -2.67. The SMILES string of the molecule is CC.CO.O=C(NC1CCOC1)c1nc(C(=O)N2C3CCC2CC3)c(-c2cnc(NCC(F)(F)F)cc2C(F)F)s1. The summed E-state index contributed by atoms with van der Waals surface area (Å²) < 4.78 is 71.2. The predicted molar refractivity (Wildman–Crippen MR) is 143 cm³/mol. The molecule has 0 radical (unpaired) electrons. The van der Waals surface area contributed by atoms with E-state index in [0.29, 0.717) is 19.6 Å². The van der Waals surface area contributed by atoms with Crippen LogP contribution in [0.3, 0.4) is 0 Å². The van der Waals surface area contributed by atoms with Gasteiger partial charge >= 0.3 is 6.18 Å². The minimum Gasteiger partial charge on any atom is -0.400 e. The highest BCUT2D eigenvalue weighted by Gasteiger charge is 2.44. The molecule has 1 atom stereocenters. The lowest BCUT2D eigenvalue weighted by molar-refractivity contribution is -0.115. The van der Waals surface area contributed by atoms with Gasteiger partial charge in [0.15, 0.2) is 5.01 Å². The van der Waals surface area contributed by atoms with Crippen molar-refractivity contribution in [2.24, 2.45) is 0 Å². The summed E-state index contributed by atoms with van der Waals surface area (Å²) >= 11 is 0.784. The van der Waals surface area contributed by atoms with Crippen LogP contribution in [0.25, 0.3) is 10.4 Å². The minimum absolute atomic E-state index is 0.0293. The first kappa shape index (κ1) is 32.6. The Bertz CT molecular complexity index is 1170. The number of rotatable bonds is 7. The molecular formula is C26H34F5N5O4S. The molecule has 2 aromatic rings. The van der Waals surface area contributed by atoms with Crippen molar-refractivity contribution in [3.8, 4) is 10.4 Å². The van der Waals surface area contributed by atoms with Crippen LogP contribution in [0, 0.1) is 0 Å². The van der Waals surface area contributed by atoms with Crippen LogP contribution in [-0.2, 0) is 4.74 Å². The maximum absolute atomic E-state index is 14.1. The average Bonchev–Trinajstić information content (AvgIpc) is 3.78. The number of aliphatic hydroxyl groups is 1. The molecule has 3 N–H and O–H groups in total. The number of alkyl halides is 5. The standard InChI is InChI=1S/C23H24F5N5O3S.C2H6.CH4O/c24-19(25)14-7-16(30-10-23(26,27)28)29-8-15(14)18-17(22(35)33-12-1-2-13(33)4-3-12)32-21(37-18)20(34)31-11-5-6-36-9-11;2*1-2/h7-8,11-13,19H,1-6,9-10H2,(H,29,30)(H,31,34);1-2H3;2H,1H3. The number of halogens is 5. The molecule has 1 unspecified atom stereocenters. The van der Waals surface area contributed by atoms with Crippen LogP contribution in [0.1, 0.15) is 78.2 Å². The Morgan fingerprint density at radius 2 is 1.78 bits per heavy atom. The Kier molecular flexibility index (Phi) is 11.4. The molecule has 228 valence electrons. The number of amides is 2. The van der Waals surface area contributed by atoms with Gasteiger partial charge in [-0.3, -0.25) is 9.59 Å². The first-order valence-electron chi connectivity index (χ1n) is 13.4. The van der Waals surface area contributed by atoms with E-state index in [0.717, 1.165) is 56.4 Å². The van der Waals surface area contributed by atoms with Gasteiger partial charge in [0.25, 0.3) is 18.2 Å². The number of carbonyl (C=O) groups excluding carboxylic acids is 2. The topological polar surface area (TPSA) is 117 Å². The van der Waals surface area contributed by atoms with Crippen molar-refractivity contribution in [2.45, 2.75) is 76.7 Å². The third-order valence-electron chi connectivity index (χ3n) is 6.86. The number of thiazole rings is 1. The van der Waals surface area contributed by atoms with E-state index in [9.17, 15) is 31.5 Å². The van der Waals surface area contributed by atoms with Crippen molar-refractivity contribution < 1.29 is 41.4 Å². The van der Waals surface area contributed by atoms with Crippen molar-refractivity contribution >= 4 is 29.0 Å². The molecule has 0 saturated carbocycles. The van der Waals surface area contributed by atoms with Crippen LogP contribution in [-0.4, -0.2) is 83.0 Å². The van der Waals surface area contributed by atoms with Crippen molar-refractivity contribution in [1.29, 1.82) is 0 Å². The number of fused-ring (bicyclic) bond motifs is 2. The lowest BCUT2D eigenvalue weighted by atomic mass is 10.0. The number of hydrogen-bond acceptors (Lipinski definition) is 8. The van der Waals surface area contributed by atoms with Gasteiger partial charge in [0.1, 0.15) is 18.1 Å². The maximum Gasteiger partial charge on any atom is 0.405 e. The molecule has 3 fully saturated rings. The van der Waals surface area contributed by atoms with Crippen LogP contribution in [0.15, 0.2) is 12.3 Å². The summed E-state index contributed by atoms with van der Waals surface area (Å²) in [5.74, 6) is -1.38. The first-order chi connectivity index (χ1) is 19.6. The van der Waals surface area contributed by atoms with E-state index in [1.807, 2.05) is 19.2 Å². The molecule has 5 heterocycles. The fourth-order valence-corrected chi connectivity index (χ4v) is 6.13. The van der Waals surface area contributed by atoms with Gasteiger partial charge in [0.2, 0.25) is 0 Å². The average molecular weight is 608 g/mol. The summed E-state index contributed by atoms with van der Waals surface area (Å²) in [6, 6.07) is 0.656. The quantitative estimate of drug-likeness (QED) is 0.378. The predicted octanol–water partition coefficient (Wildman–Crippen LogP) is 5.04. The third kappa shape index (κ3) is 7.68. The molecule has 3 aliphatic heterocycles. The van der Waals surface area contributed by atoms with Crippen LogP contribution in [0.4, 0.5) is 27.8 Å². The van der Waals surface area contributed by atoms with Crippen molar-refractivity contribution in [3.05, 3.63) is 28.5 Å². The fraction of sp³-hybridized carbons (Fsp3) is 0.615. The fourth-order valence-electron chi connectivity index (χ4n) is 5.14. The molecule has 3 saturated heterocycles. The molecule has 0 aliphatic carbocycles. The number of anilines is 1. The number of nitrogens with zero attached hydrogens (tertiary/aromatic N) is 3. The lowest BCUT2D eigenvalue weighted by Crippen LogP contribution is -2.36. The molecule has 9 nitrogen and oxygen atoms in total. The monoisotopic (exact) mass is 607 g/mol. The van der Waals surface area contributed by atoms with E-state index in [1.54, 1.807) is 4.90 Å². The van der Waals surface area contributed by atoms with E-state index >= 15 is 0 Å². The van der Waals surface area contributed by atoms with Gasteiger partial charge in [-0.25, -0.2) is 18.7 Å². The number of carbonyl (C=O) groups is 2. The Hall–Kier alpha value is -2.91. The maximum atomic E-state index is 14.1. The third-order valence-corrected chi connectivity index (χ3v) is 7.95. The van der Waals surface area contributed by atoms with E-state index in [1.165, 1.54) is 0 Å². The zero-order valence-electron chi connectivity index (χ0n) is 22.9. The Morgan fingerprint density at radius 1 is 1.15 bits per heavy atom. The lowest BCUT2D eigenvalue weighted by Gasteiger charge is -2.22. The highest BCUT2D eigenvalue weighted by Crippen LogP contribution is 2.42. The second kappa shape index (κ2) is 14.3. The molecule has 0 spiro atoms. The van der Waals surface area contributed by atoms with Gasteiger partial charge in [-0.05, 0) is 38.2 Å². The highest BCUT2D eigenvalue weighted by molar-refractivity contribution is 7.17. The summed E-state index contributed by atoms with van der Waals surface area (Å²) in [5, 5.41) is 11.7. The molecule has 3 aliphatic rings. The van der Waals surface area contributed by atoms with Crippen LogP contribution < -0.4 is 10.6 Å². The Morgan fingerprint density at radius 3 is 2.32 bits per heavy atom. The van der Waals surface area contributed by atoms with Gasteiger partial charge in [0.05, 0.1) is 17.5 Å². The summed E-state index contributed by atoms with van der Waals surface area (Å²) in [4.78, 5) is 36.5. The number of aromatic nitrogens is 2. The molecule has 2 bridgehead atoms. The number of hydrogen-bond donors (Lipinski definition) is 3. The normalized spacial score (nSPS) is 21.2. The van der Waals surface area contributed by atoms with Crippen molar-refractivity contribution in [3.63, 3.8) is 0 Å². The molecule has 41 heavy (non-hydrogen) atoms. The first-order valence-corrected chi connectivity index (χ1v) is 14.2. The molecular weight excluding hydrogens is 573 g/mol. The Labute approximate surface area is 238 Å². The van der Waals surface area contributed by atoms with Crippen molar-refractivity contribution in [2.75, 3.05) is 32.2 Å². The van der Waals surface area contributed by atoms with Gasteiger partial charge in [-0.2, -0.15) is 13.2 Å². The van der Waals surface area contributed by atoms with Crippen LogP contribution in [0.2, 0.25) is 0 Å². The van der Waals surface area contributed by atoms with E-state index in [-0.39, 0.29) is 45.1 Å². The zero-order valence-corrected chi connectivity index (χ0v) is 23.7. The number of nitrogens with one attached hydrogen (secondary N) is 2. The second-order valence-corrected chi connectivity index (χ2v) is 10.3. The zero-order chi connectivity index (χ0) is 30.3. The van der Waals surface area contributed by atoms with Crippen LogP contribution in [0.5, 0.6) is 0 Å². The van der Waals surface area contributed by atoms with E-state index < -0.39 is 36.5 Å². The second-order valence-electron chi connectivity index (χ2n) is 9.33. The highest BCUT2D eigenvalue weighted by atomic mass is 32.1. The number of aliphatic hydroxyl groups excluding tert-OH is 1. The van der Waals surface area contributed by atoms with Gasteiger partial charge in [0, 0.05) is 43.1 Å². The van der Waals surface area contributed by atoms with Crippen LogP contribution >= 0.6 is 11.3 Å². The van der Waals surface area contributed by atoms with Gasteiger partial charge in [-0.1, -0.05) is 13.8 Å². The largest absolute Gasteiger partial charge is 0.405 e. The van der Waals surface area contributed by atoms with Gasteiger partial charge in [-0.15, -0.1) is 11.3 Å². The summed E-state index contributed by atoms with van der Waals surface area (Å²) in [7, 11) is 1.00. The molecule has 2 aromatic heterocycles. The summed E-state index contributed by atoms with van der Waals surface area (Å²) in [5.41, 5.74) is -0.891. The molecule has 15 heteroatoms.